The van der Waals surface area contributed by atoms with Gasteiger partial charge in [0.2, 0.25) is 0 Å². The van der Waals surface area contributed by atoms with Crippen molar-refractivity contribution in [3.05, 3.63) is 113 Å². The Morgan fingerprint density at radius 3 is 2.51 bits per heavy atom. The standard InChI is InChI=1S/C27H25N5O2S/c1-17-15-21(18(2)32(17)23-9-4-3-7-20(23)26(33)34)25-24(22-8-5-6-12-29-22)30-27(35)31(25)16-19-10-13-28-14-11-19/h3-15,24-25H,16H2,1-2H3,(H,30,35)(H,33,34)/t24-,25+/m0/s1. The number of hydrogen-bond donors (Lipinski definition) is 2. The minimum atomic E-state index is -0.955. The van der Waals surface area contributed by atoms with Crippen molar-refractivity contribution in [3.8, 4) is 5.69 Å². The number of aryl methyl sites for hydroxylation is 1. The highest BCUT2D eigenvalue weighted by Gasteiger charge is 2.41. The molecule has 0 radical (unpaired) electrons. The first kappa shape index (κ1) is 22.7. The molecular weight excluding hydrogens is 458 g/mol. The zero-order chi connectivity index (χ0) is 24.5. The Morgan fingerprint density at radius 1 is 1.06 bits per heavy atom. The highest BCUT2D eigenvalue weighted by atomic mass is 32.1. The van der Waals surface area contributed by atoms with E-state index in [1.807, 2.05) is 60.9 Å². The van der Waals surface area contributed by atoms with Crippen molar-refractivity contribution in [1.29, 1.82) is 0 Å². The van der Waals surface area contributed by atoms with Crippen LogP contribution in [0.5, 0.6) is 0 Å². The molecule has 0 unspecified atom stereocenters. The number of benzene rings is 1. The number of nitrogens with zero attached hydrogens (tertiary/aromatic N) is 4. The van der Waals surface area contributed by atoms with Crippen LogP contribution in [0.25, 0.3) is 5.69 Å². The van der Waals surface area contributed by atoms with Crippen LogP contribution in [-0.2, 0) is 6.54 Å². The molecule has 0 saturated carbocycles. The Hall–Kier alpha value is -4.04. The summed E-state index contributed by atoms with van der Waals surface area (Å²) in [7, 11) is 0. The first-order valence-electron chi connectivity index (χ1n) is 11.3. The Morgan fingerprint density at radius 2 is 1.80 bits per heavy atom. The number of thiocarbonyl (C=S) groups is 1. The molecular formula is C27H25N5O2S. The monoisotopic (exact) mass is 483 g/mol. The summed E-state index contributed by atoms with van der Waals surface area (Å²) in [6, 6.07) is 18.8. The third-order valence-electron chi connectivity index (χ3n) is 6.46. The van der Waals surface area contributed by atoms with Crippen molar-refractivity contribution < 1.29 is 9.90 Å². The van der Waals surface area contributed by atoms with E-state index in [-0.39, 0.29) is 17.6 Å². The first-order chi connectivity index (χ1) is 17.0. The first-order valence-corrected chi connectivity index (χ1v) is 11.7. The Balaban J connectivity index is 1.65. The fourth-order valence-corrected chi connectivity index (χ4v) is 5.21. The molecule has 35 heavy (non-hydrogen) atoms. The van der Waals surface area contributed by atoms with Gasteiger partial charge < -0.3 is 19.9 Å². The second-order valence-electron chi connectivity index (χ2n) is 8.59. The minimum Gasteiger partial charge on any atom is -0.478 e. The van der Waals surface area contributed by atoms with Gasteiger partial charge in [0.1, 0.15) is 0 Å². The van der Waals surface area contributed by atoms with Gasteiger partial charge in [-0.25, -0.2) is 4.79 Å². The zero-order valence-corrected chi connectivity index (χ0v) is 20.2. The second kappa shape index (κ2) is 9.31. The quantitative estimate of drug-likeness (QED) is 0.383. The summed E-state index contributed by atoms with van der Waals surface area (Å²) in [4.78, 5) is 22.9. The summed E-state index contributed by atoms with van der Waals surface area (Å²) in [6.45, 7) is 4.64. The van der Waals surface area contributed by atoms with Crippen LogP contribution in [-0.4, -0.2) is 35.6 Å². The molecule has 0 spiro atoms. The van der Waals surface area contributed by atoms with Crippen LogP contribution < -0.4 is 5.32 Å². The lowest BCUT2D eigenvalue weighted by atomic mass is 9.96. The summed E-state index contributed by atoms with van der Waals surface area (Å²) < 4.78 is 2.01. The maximum absolute atomic E-state index is 12.0. The van der Waals surface area contributed by atoms with E-state index >= 15 is 0 Å². The summed E-state index contributed by atoms with van der Waals surface area (Å²) in [5, 5.41) is 13.9. The summed E-state index contributed by atoms with van der Waals surface area (Å²) in [5.41, 5.74) is 5.88. The number of para-hydroxylation sites is 1. The van der Waals surface area contributed by atoms with Crippen LogP contribution in [0.15, 0.2) is 79.3 Å². The van der Waals surface area contributed by atoms with E-state index in [4.69, 9.17) is 12.2 Å². The Bertz CT molecular complexity index is 1390. The minimum absolute atomic E-state index is 0.137. The van der Waals surface area contributed by atoms with E-state index in [1.165, 1.54) is 0 Å². The van der Waals surface area contributed by atoms with Gasteiger partial charge in [-0.05, 0) is 79.7 Å². The lowest BCUT2D eigenvalue weighted by Crippen LogP contribution is -2.29. The maximum atomic E-state index is 12.0. The molecule has 8 heteroatoms. The van der Waals surface area contributed by atoms with Crippen molar-refractivity contribution in [2.75, 3.05) is 0 Å². The SMILES string of the molecule is Cc1cc([C@@H]2[C@H](c3ccccn3)NC(=S)N2Cc2ccncc2)c(C)n1-c1ccccc1C(=O)O. The molecule has 2 atom stereocenters. The van der Waals surface area contributed by atoms with Crippen LogP contribution in [0, 0.1) is 13.8 Å². The molecule has 1 aliphatic rings. The molecule has 1 aliphatic heterocycles. The number of hydrogen-bond acceptors (Lipinski definition) is 4. The molecule has 4 aromatic rings. The fraction of sp³-hybridized carbons (Fsp3) is 0.185. The van der Waals surface area contributed by atoms with Crippen molar-refractivity contribution in [1.82, 2.24) is 24.8 Å². The summed E-state index contributed by atoms with van der Waals surface area (Å²) in [5.74, 6) is -0.955. The number of aromatic carboxylic acids is 1. The van der Waals surface area contributed by atoms with Crippen LogP contribution in [0.2, 0.25) is 0 Å². The topological polar surface area (TPSA) is 83.3 Å². The molecule has 5 rings (SSSR count). The third-order valence-corrected chi connectivity index (χ3v) is 6.82. The predicted molar refractivity (Wildman–Crippen MR) is 137 cm³/mol. The maximum Gasteiger partial charge on any atom is 0.337 e. The molecule has 1 aromatic carbocycles. The number of nitrogens with one attached hydrogen (secondary N) is 1. The van der Waals surface area contributed by atoms with E-state index in [9.17, 15) is 9.90 Å². The van der Waals surface area contributed by atoms with Crippen LogP contribution in [0.3, 0.4) is 0 Å². The average molecular weight is 484 g/mol. The van der Waals surface area contributed by atoms with Gasteiger partial charge in [-0.2, -0.15) is 0 Å². The Labute approximate surface area is 209 Å². The van der Waals surface area contributed by atoms with Gasteiger partial charge in [0.05, 0.1) is 29.0 Å². The van der Waals surface area contributed by atoms with Crippen LogP contribution >= 0.6 is 12.2 Å². The van der Waals surface area contributed by atoms with E-state index < -0.39 is 5.97 Å². The highest BCUT2D eigenvalue weighted by molar-refractivity contribution is 7.80. The number of carbonyl (C=O) groups is 1. The molecule has 2 N–H and O–H groups in total. The molecule has 1 saturated heterocycles. The lowest BCUT2D eigenvalue weighted by molar-refractivity contribution is 0.0697. The van der Waals surface area contributed by atoms with Gasteiger partial charge in [0.25, 0.3) is 0 Å². The van der Waals surface area contributed by atoms with E-state index in [0.29, 0.717) is 17.3 Å². The largest absolute Gasteiger partial charge is 0.478 e. The Kier molecular flexibility index (Phi) is 6.05. The average Bonchev–Trinajstić information content (AvgIpc) is 3.35. The van der Waals surface area contributed by atoms with Gasteiger partial charge in [-0.1, -0.05) is 18.2 Å². The molecule has 0 aliphatic carbocycles. The molecule has 0 amide bonds. The van der Waals surface area contributed by atoms with E-state index in [1.54, 1.807) is 30.7 Å². The van der Waals surface area contributed by atoms with E-state index in [2.05, 4.69) is 26.3 Å². The molecule has 7 nitrogen and oxygen atoms in total. The normalized spacial score (nSPS) is 17.4. The number of aromatic nitrogens is 3. The summed E-state index contributed by atoms with van der Waals surface area (Å²) in [6.07, 6.45) is 5.35. The van der Waals surface area contributed by atoms with Gasteiger partial charge in [0, 0.05) is 36.5 Å². The van der Waals surface area contributed by atoms with Crippen molar-refractivity contribution in [3.63, 3.8) is 0 Å². The van der Waals surface area contributed by atoms with Crippen LogP contribution in [0.4, 0.5) is 0 Å². The molecule has 3 aromatic heterocycles. The van der Waals surface area contributed by atoms with Gasteiger partial charge in [-0.15, -0.1) is 0 Å². The van der Waals surface area contributed by atoms with Crippen molar-refractivity contribution >= 4 is 23.3 Å². The smallest absolute Gasteiger partial charge is 0.337 e. The van der Waals surface area contributed by atoms with Gasteiger partial charge >= 0.3 is 5.97 Å². The number of carboxylic acid groups (broad SMARTS) is 1. The zero-order valence-electron chi connectivity index (χ0n) is 19.4. The molecule has 176 valence electrons. The van der Waals surface area contributed by atoms with Gasteiger partial charge in [0.15, 0.2) is 5.11 Å². The third kappa shape index (κ3) is 4.17. The van der Waals surface area contributed by atoms with Crippen LogP contribution in [0.1, 0.15) is 50.7 Å². The lowest BCUT2D eigenvalue weighted by Gasteiger charge is -2.28. The van der Waals surface area contributed by atoms with Crippen molar-refractivity contribution in [2.24, 2.45) is 0 Å². The predicted octanol–water partition coefficient (Wildman–Crippen LogP) is 4.76. The number of carboxylic acids is 1. The second-order valence-corrected chi connectivity index (χ2v) is 8.98. The summed E-state index contributed by atoms with van der Waals surface area (Å²) >= 11 is 5.81. The number of pyridine rings is 2. The number of rotatable bonds is 6. The fourth-order valence-electron chi connectivity index (χ4n) is 4.91. The molecule has 0 bridgehead atoms. The molecule has 1 fully saturated rings. The highest BCUT2D eigenvalue weighted by Crippen LogP contribution is 2.42. The molecule has 4 heterocycles. The van der Waals surface area contributed by atoms with Gasteiger partial charge in [-0.3, -0.25) is 9.97 Å². The van der Waals surface area contributed by atoms with Crippen molar-refractivity contribution in [2.45, 2.75) is 32.5 Å². The van der Waals surface area contributed by atoms with E-state index in [0.717, 1.165) is 28.2 Å².